The molecule has 0 aliphatic rings. The molecule has 0 aliphatic carbocycles. The molecular formula is C11H18N6O2. The first-order valence-electron chi connectivity index (χ1n) is 6.01. The van der Waals surface area contributed by atoms with Gasteiger partial charge in [-0.05, 0) is 5.92 Å². The second kappa shape index (κ2) is 4.54. The molecule has 0 unspecified atom stereocenters. The van der Waals surface area contributed by atoms with Crippen LogP contribution in [-0.4, -0.2) is 18.7 Å². The summed E-state index contributed by atoms with van der Waals surface area (Å²) < 4.78 is 4.14. The molecule has 0 fully saturated rings. The van der Waals surface area contributed by atoms with Crippen molar-refractivity contribution in [2.45, 2.75) is 20.4 Å². The molecule has 0 spiro atoms. The maximum atomic E-state index is 12.2. The van der Waals surface area contributed by atoms with Gasteiger partial charge in [0.05, 0.1) is 0 Å². The Morgan fingerprint density at radius 1 is 1.26 bits per heavy atom. The topological polar surface area (TPSA) is 99.9 Å². The number of nitrogens with one attached hydrogen (secondary N) is 1. The summed E-state index contributed by atoms with van der Waals surface area (Å²) in [7, 11) is 3.14. The Morgan fingerprint density at radius 2 is 1.89 bits per heavy atom. The standard InChI is InChI=1S/C11H18N6O2/c1-6(2)5-17-8-7(9(18)16(4)11(17)19)15(3)10(13-8)14-12/h6H,5,12H2,1-4H3,(H,13,14). The van der Waals surface area contributed by atoms with Gasteiger partial charge in [0.25, 0.3) is 5.56 Å². The van der Waals surface area contributed by atoms with E-state index in [0.717, 1.165) is 4.57 Å². The predicted octanol–water partition coefficient (Wildman–Crippen LogP) is -0.625. The number of fused-ring (bicyclic) bond motifs is 1. The number of nitrogen functional groups attached to an aromatic ring is 1. The van der Waals surface area contributed by atoms with Gasteiger partial charge in [-0.15, -0.1) is 0 Å². The first-order chi connectivity index (χ1) is 8.88. The van der Waals surface area contributed by atoms with Gasteiger partial charge in [-0.1, -0.05) is 13.8 Å². The molecule has 8 heteroatoms. The van der Waals surface area contributed by atoms with Crippen molar-refractivity contribution < 1.29 is 0 Å². The van der Waals surface area contributed by atoms with Crippen molar-refractivity contribution in [2.75, 3.05) is 5.43 Å². The number of aromatic nitrogens is 4. The Bertz CT molecular complexity index is 736. The molecule has 0 atom stereocenters. The Balaban J connectivity index is 2.95. The van der Waals surface area contributed by atoms with E-state index in [9.17, 15) is 9.59 Å². The molecule has 8 nitrogen and oxygen atoms in total. The molecule has 2 aromatic rings. The van der Waals surface area contributed by atoms with Crippen molar-refractivity contribution in [3.63, 3.8) is 0 Å². The Hall–Kier alpha value is -2.09. The zero-order chi connectivity index (χ0) is 14.3. The number of nitrogens with two attached hydrogens (primary N) is 1. The van der Waals surface area contributed by atoms with Gasteiger partial charge < -0.3 is 4.57 Å². The SMILES string of the molecule is CC(C)Cn1c(=O)n(C)c(=O)c2c1nc(NN)n2C. The number of anilines is 1. The first-order valence-corrected chi connectivity index (χ1v) is 6.01. The van der Waals surface area contributed by atoms with Crippen molar-refractivity contribution in [3.05, 3.63) is 20.8 Å². The molecule has 0 saturated carbocycles. The van der Waals surface area contributed by atoms with Crippen LogP contribution < -0.4 is 22.5 Å². The third kappa shape index (κ3) is 1.93. The summed E-state index contributed by atoms with van der Waals surface area (Å²) in [6.07, 6.45) is 0. The van der Waals surface area contributed by atoms with E-state index in [1.165, 1.54) is 11.6 Å². The van der Waals surface area contributed by atoms with Crippen LogP contribution in [-0.2, 0) is 20.6 Å². The van der Waals surface area contributed by atoms with Gasteiger partial charge in [-0.2, -0.15) is 4.98 Å². The van der Waals surface area contributed by atoms with Crippen molar-refractivity contribution in [1.29, 1.82) is 0 Å². The number of hydrazine groups is 1. The molecule has 0 amide bonds. The molecule has 2 aromatic heterocycles. The van der Waals surface area contributed by atoms with E-state index in [1.807, 2.05) is 13.8 Å². The minimum absolute atomic E-state index is 0.259. The maximum absolute atomic E-state index is 12.2. The van der Waals surface area contributed by atoms with Gasteiger partial charge in [0.15, 0.2) is 11.2 Å². The zero-order valence-electron chi connectivity index (χ0n) is 11.5. The number of rotatable bonds is 3. The van der Waals surface area contributed by atoms with Gasteiger partial charge in [-0.3, -0.25) is 19.4 Å². The fourth-order valence-corrected chi connectivity index (χ4v) is 2.09. The Labute approximate surface area is 109 Å². The predicted molar refractivity (Wildman–Crippen MR) is 72.9 cm³/mol. The number of hydrogen-bond acceptors (Lipinski definition) is 5. The van der Waals surface area contributed by atoms with E-state index in [4.69, 9.17) is 5.84 Å². The van der Waals surface area contributed by atoms with Crippen LogP contribution in [0.3, 0.4) is 0 Å². The lowest BCUT2D eigenvalue weighted by Gasteiger charge is -2.10. The molecule has 0 aliphatic heterocycles. The normalized spacial score (nSPS) is 11.5. The molecule has 0 radical (unpaired) electrons. The Kier molecular flexibility index (Phi) is 3.19. The quantitative estimate of drug-likeness (QED) is 0.569. The molecule has 19 heavy (non-hydrogen) atoms. The lowest BCUT2D eigenvalue weighted by Crippen LogP contribution is -2.39. The highest BCUT2D eigenvalue weighted by Crippen LogP contribution is 2.13. The molecule has 2 heterocycles. The summed E-state index contributed by atoms with van der Waals surface area (Å²) in [5.74, 6) is 5.96. The van der Waals surface area contributed by atoms with E-state index in [0.29, 0.717) is 23.7 Å². The average molecular weight is 266 g/mol. The smallest absolute Gasteiger partial charge is 0.306 e. The van der Waals surface area contributed by atoms with Crippen LogP contribution in [0, 0.1) is 5.92 Å². The van der Waals surface area contributed by atoms with Crippen LogP contribution in [0.4, 0.5) is 5.95 Å². The summed E-state index contributed by atoms with van der Waals surface area (Å²) >= 11 is 0. The molecular weight excluding hydrogens is 248 g/mol. The van der Waals surface area contributed by atoms with E-state index < -0.39 is 0 Å². The first kappa shape index (κ1) is 13.3. The number of aryl methyl sites for hydroxylation is 1. The van der Waals surface area contributed by atoms with Crippen LogP contribution >= 0.6 is 0 Å². The fraction of sp³-hybridized carbons (Fsp3) is 0.545. The minimum Gasteiger partial charge on any atom is -0.306 e. The molecule has 0 bridgehead atoms. The van der Waals surface area contributed by atoms with E-state index in [1.54, 1.807) is 11.6 Å². The number of nitrogens with zero attached hydrogens (tertiary/aromatic N) is 4. The van der Waals surface area contributed by atoms with Gasteiger partial charge in [0, 0.05) is 20.6 Å². The minimum atomic E-state index is -0.378. The monoisotopic (exact) mass is 266 g/mol. The lowest BCUT2D eigenvalue weighted by atomic mass is 10.2. The summed E-state index contributed by atoms with van der Waals surface area (Å²) in [5.41, 5.74) is 2.39. The third-order valence-corrected chi connectivity index (χ3v) is 3.03. The van der Waals surface area contributed by atoms with Crippen molar-refractivity contribution in [3.8, 4) is 0 Å². The summed E-state index contributed by atoms with van der Waals surface area (Å²) in [6, 6.07) is 0. The third-order valence-electron chi connectivity index (χ3n) is 3.03. The summed E-state index contributed by atoms with van der Waals surface area (Å²) in [6.45, 7) is 4.48. The molecule has 3 N–H and O–H groups in total. The lowest BCUT2D eigenvalue weighted by molar-refractivity contribution is 0.500. The van der Waals surface area contributed by atoms with E-state index in [2.05, 4.69) is 10.4 Å². The average Bonchev–Trinajstić information content (AvgIpc) is 2.69. The summed E-state index contributed by atoms with van der Waals surface area (Å²) in [4.78, 5) is 28.6. The molecule has 104 valence electrons. The van der Waals surface area contributed by atoms with Gasteiger partial charge in [0.2, 0.25) is 5.95 Å². The van der Waals surface area contributed by atoms with E-state index >= 15 is 0 Å². The largest absolute Gasteiger partial charge is 0.332 e. The van der Waals surface area contributed by atoms with Crippen LogP contribution in [0.25, 0.3) is 11.2 Å². The highest BCUT2D eigenvalue weighted by Gasteiger charge is 2.18. The molecule has 0 aromatic carbocycles. The van der Waals surface area contributed by atoms with E-state index in [-0.39, 0.29) is 17.2 Å². The molecule has 0 saturated heterocycles. The number of hydrogen-bond donors (Lipinski definition) is 2. The highest BCUT2D eigenvalue weighted by molar-refractivity contribution is 5.74. The zero-order valence-corrected chi connectivity index (χ0v) is 11.5. The van der Waals surface area contributed by atoms with Gasteiger partial charge in [-0.25, -0.2) is 10.6 Å². The van der Waals surface area contributed by atoms with Crippen molar-refractivity contribution in [2.24, 2.45) is 25.9 Å². The van der Waals surface area contributed by atoms with Gasteiger partial charge >= 0.3 is 5.69 Å². The van der Waals surface area contributed by atoms with Crippen LogP contribution in [0.1, 0.15) is 13.8 Å². The second-order valence-electron chi connectivity index (χ2n) is 4.96. The maximum Gasteiger partial charge on any atom is 0.332 e. The van der Waals surface area contributed by atoms with Crippen LogP contribution in [0.15, 0.2) is 9.59 Å². The summed E-state index contributed by atoms with van der Waals surface area (Å²) in [5, 5.41) is 0. The van der Waals surface area contributed by atoms with Gasteiger partial charge in [0.1, 0.15) is 0 Å². The fourth-order valence-electron chi connectivity index (χ4n) is 2.09. The molecule has 2 rings (SSSR count). The Morgan fingerprint density at radius 3 is 2.42 bits per heavy atom. The van der Waals surface area contributed by atoms with Crippen molar-refractivity contribution in [1.82, 2.24) is 18.7 Å². The van der Waals surface area contributed by atoms with Crippen LogP contribution in [0.2, 0.25) is 0 Å². The highest BCUT2D eigenvalue weighted by atomic mass is 16.2. The number of imidazole rings is 1. The van der Waals surface area contributed by atoms with Crippen LogP contribution in [0.5, 0.6) is 0 Å². The van der Waals surface area contributed by atoms with Crippen molar-refractivity contribution >= 4 is 17.1 Å². The second-order valence-corrected chi connectivity index (χ2v) is 4.96.